The normalized spacial score (nSPS) is 14.1. The Balaban J connectivity index is 1.59. The van der Waals surface area contributed by atoms with Gasteiger partial charge in [0.05, 0.1) is 13.7 Å². The molecule has 3 rings (SSSR count). The van der Waals surface area contributed by atoms with E-state index >= 15 is 0 Å². The lowest BCUT2D eigenvalue weighted by Gasteiger charge is -2.35. The second-order valence-corrected chi connectivity index (χ2v) is 7.97. The van der Waals surface area contributed by atoms with Gasteiger partial charge >= 0.3 is 0 Å². The van der Waals surface area contributed by atoms with E-state index < -0.39 is 5.91 Å². The fourth-order valence-corrected chi connectivity index (χ4v) is 3.67. The van der Waals surface area contributed by atoms with Gasteiger partial charge in [-0.2, -0.15) is 0 Å². The highest BCUT2D eigenvalue weighted by atomic mass is 35.5. The highest BCUT2D eigenvalue weighted by molar-refractivity contribution is 6.30. The smallest absolute Gasteiger partial charge is 0.253 e. The van der Waals surface area contributed by atoms with Gasteiger partial charge in [-0.05, 0) is 48.5 Å². The number of halogens is 1. The molecule has 0 spiro atoms. The van der Waals surface area contributed by atoms with Crippen LogP contribution in [0.15, 0.2) is 48.5 Å². The first kappa shape index (κ1) is 23.6. The standard InChI is InChI=1S/C23H27ClN4O4/c1-32-20-8-6-19(7-9-20)28(11-10-21(25)29)22(30)16-26-12-14-27(15-13-26)23(31)17-2-4-18(24)5-3-17/h2-9H,10-16H2,1H3,(H2,25,29). The Morgan fingerprint density at radius 2 is 1.62 bits per heavy atom. The Hall–Kier alpha value is -3.10. The number of nitrogens with two attached hydrogens (primary N) is 1. The number of carbonyl (C=O) groups is 3. The third-order valence-electron chi connectivity index (χ3n) is 5.38. The van der Waals surface area contributed by atoms with Crippen LogP contribution in [0.4, 0.5) is 5.69 Å². The van der Waals surface area contributed by atoms with E-state index in [0.717, 1.165) is 0 Å². The molecule has 0 unspecified atom stereocenters. The SMILES string of the molecule is COc1ccc(N(CCC(N)=O)C(=O)CN2CCN(C(=O)c3ccc(Cl)cc3)CC2)cc1. The second kappa shape index (κ2) is 11.0. The van der Waals surface area contributed by atoms with Crippen molar-refractivity contribution in [3.05, 3.63) is 59.1 Å². The summed E-state index contributed by atoms with van der Waals surface area (Å²) in [5, 5.41) is 0.586. The molecular formula is C23H27ClN4O4. The average molecular weight is 459 g/mol. The number of anilines is 1. The molecule has 1 fully saturated rings. The maximum absolute atomic E-state index is 13.1. The van der Waals surface area contributed by atoms with Crippen LogP contribution >= 0.6 is 11.6 Å². The van der Waals surface area contributed by atoms with E-state index in [-0.39, 0.29) is 31.3 Å². The summed E-state index contributed by atoms with van der Waals surface area (Å²) in [6.07, 6.45) is 0.0706. The molecule has 0 aliphatic carbocycles. The Bertz CT molecular complexity index is 941. The van der Waals surface area contributed by atoms with Crippen LogP contribution in [-0.4, -0.2) is 73.9 Å². The highest BCUT2D eigenvalue weighted by Gasteiger charge is 2.25. The number of hydrogen-bond donors (Lipinski definition) is 1. The molecule has 1 saturated heterocycles. The second-order valence-electron chi connectivity index (χ2n) is 7.53. The van der Waals surface area contributed by atoms with Gasteiger partial charge in [-0.1, -0.05) is 11.6 Å². The lowest BCUT2D eigenvalue weighted by Crippen LogP contribution is -2.51. The monoisotopic (exact) mass is 458 g/mol. The summed E-state index contributed by atoms with van der Waals surface area (Å²) >= 11 is 5.89. The van der Waals surface area contributed by atoms with E-state index in [1.165, 1.54) is 0 Å². The Kier molecular flexibility index (Phi) is 8.08. The fourth-order valence-electron chi connectivity index (χ4n) is 3.54. The molecule has 1 aliphatic heterocycles. The van der Waals surface area contributed by atoms with E-state index in [1.54, 1.807) is 65.4 Å². The molecular weight excluding hydrogens is 432 g/mol. The van der Waals surface area contributed by atoms with Crippen molar-refractivity contribution in [3.63, 3.8) is 0 Å². The van der Waals surface area contributed by atoms with E-state index in [0.29, 0.717) is 48.2 Å². The van der Waals surface area contributed by atoms with E-state index in [2.05, 4.69) is 0 Å². The summed E-state index contributed by atoms with van der Waals surface area (Å²) in [6.45, 7) is 2.61. The van der Waals surface area contributed by atoms with Gasteiger partial charge in [0.1, 0.15) is 5.75 Å². The molecule has 32 heavy (non-hydrogen) atoms. The zero-order chi connectivity index (χ0) is 23.1. The molecule has 8 nitrogen and oxygen atoms in total. The number of methoxy groups -OCH3 is 1. The van der Waals surface area contributed by atoms with Crippen LogP contribution in [0, 0.1) is 0 Å². The number of primary amides is 1. The van der Waals surface area contributed by atoms with Crippen molar-refractivity contribution in [2.24, 2.45) is 5.73 Å². The molecule has 9 heteroatoms. The average Bonchev–Trinajstić information content (AvgIpc) is 2.80. The van der Waals surface area contributed by atoms with Crippen LogP contribution in [0.5, 0.6) is 5.75 Å². The van der Waals surface area contributed by atoms with Gasteiger partial charge in [-0.25, -0.2) is 0 Å². The minimum Gasteiger partial charge on any atom is -0.497 e. The number of amides is 3. The van der Waals surface area contributed by atoms with Crippen LogP contribution in [0.3, 0.4) is 0 Å². The lowest BCUT2D eigenvalue weighted by molar-refractivity contribution is -0.120. The number of carbonyl (C=O) groups excluding carboxylic acids is 3. The summed E-state index contributed by atoms with van der Waals surface area (Å²) in [7, 11) is 1.57. The minimum atomic E-state index is -0.467. The van der Waals surface area contributed by atoms with Gasteiger partial charge in [-0.15, -0.1) is 0 Å². The zero-order valence-electron chi connectivity index (χ0n) is 18.0. The Labute approximate surface area is 192 Å². The number of ether oxygens (including phenoxy) is 1. The van der Waals surface area contributed by atoms with Crippen molar-refractivity contribution in [1.29, 1.82) is 0 Å². The maximum atomic E-state index is 13.1. The molecule has 3 amide bonds. The molecule has 2 N–H and O–H groups in total. The van der Waals surface area contributed by atoms with Gasteiger partial charge in [0, 0.05) is 55.4 Å². The molecule has 1 heterocycles. The number of rotatable bonds is 8. The summed E-state index contributed by atoms with van der Waals surface area (Å²) in [5.41, 5.74) is 6.56. The molecule has 0 atom stereocenters. The van der Waals surface area contributed by atoms with Crippen LogP contribution in [0.1, 0.15) is 16.8 Å². The van der Waals surface area contributed by atoms with Gasteiger partial charge in [-0.3, -0.25) is 19.3 Å². The molecule has 170 valence electrons. The summed E-state index contributed by atoms with van der Waals surface area (Å²) in [5.74, 6) is 0.0334. The van der Waals surface area contributed by atoms with Crippen LogP contribution in [0.2, 0.25) is 5.02 Å². The number of benzene rings is 2. The van der Waals surface area contributed by atoms with Crippen molar-refractivity contribution >= 4 is 35.0 Å². The van der Waals surface area contributed by atoms with Crippen LogP contribution in [-0.2, 0) is 9.59 Å². The van der Waals surface area contributed by atoms with Gasteiger partial charge in [0.15, 0.2) is 0 Å². The number of piperazine rings is 1. The minimum absolute atomic E-state index is 0.0473. The number of hydrogen-bond acceptors (Lipinski definition) is 5. The summed E-state index contributed by atoms with van der Waals surface area (Å²) in [6, 6.07) is 13.9. The van der Waals surface area contributed by atoms with Crippen molar-refractivity contribution in [2.45, 2.75) is 6.42 Å². The topological polar surface area (TPSA) is 96.2 Å². The molecule has 1 aliphatic rings. The van der Waals surface area contributed by atoms with E-state index in [4.69, 9.17) is 22.1 Å². The first-order valence-corrected chi connectivity index (χ1v) is 10.7. The zero-order valence-corrected chi connectivity index (χ0v) is 18.8. The van der Waals surface area contributed by atoms with Crippen molar-refractivity contribution in [3.8, 4) is 5.75 Å². The molecule has 2 aromatic rings. The Morgan fingerprint density at radius 3 is 2.19 bits per heavy atom. The van der Waals surface area contributed by atoms with Crippen molar-refractivity contribution in [1.82, 2.24) is 9.80 Å². The Morgan fingerprint density at radius 1 is 1.00 bits per heavy atom. The molecule has 0 radical (unpaired) electrons. The lowest BCUT2D eigenvalue weighted by atomic mass is 10.2. The summed E-state index contributed by atoms with van der Waals surface area (Å²) in [4.78, 5) is 42.4. The van der Waals surface area contributed by atoms with Crippen LogP contribution in [0.25, 0.3) is 0 Å². The molecule has 0 bridgehead atoms. The molecule has 0 aromatic heterocycles. The van der Waals surface area contributed by atoms with Crippen molar-refractivity contribution < 1.29 is 19.1 Å². The number of nitrogens with zero attached hydrogens (tertiary/aromatic N) is 3. The largest absolute Gasteiger partial charge is 0.497 e. The maximum Gasteiger partial charge on any atom is 0.253 e. The highest BCUT2D eigenvalue weighted by Crippen LogP contribution is 2.20. The quantitative estimate of drug-likeness (QED) is 0.652. The summed E-state index contributed by atoms with van der Waals surface area (Å²) < 4.78 is 5.17. The van der Waals surface area contributed by atoms with Crippen LogP contribution < -0.4 is 15.4 Å². The fraction of sp³-hybridized carbons (Fsp3) is 0.348. The molecule has 0 saturated carbocycles. The van der Waals surface area contributed by atoms with Gasteiger partial charge < -0.3 is 20.3 Å². The third kappa shape index (κ3) is 6.21. The van der Waals surface area contributed by atoms with Crippen molar-refractivity contribution in [2.75, 3.05) is 51.3 Å². The van der Waals surface area contributed by atoms with Gasteiger partial charge in [0.25, 0.3) is 5.91 Å². The molecule has 2 aromatic carbocycles. The van der Waals surface area contributed by atoms with E-state index in [1.807, 2.05) is 4.90 Å². The predicted octanol–water partition coefficient (Wildman–Crippen LogP) is 2.01. The first-order valence-electron chi connectivity index (χ1n) is 10.4. The van der Waals surface area contributed by atoms with Gasteiger partial charge in [0.2, 0.25) is 11.8 Å². The predicted molar refractivity (Wildman–Crippen MR) is 123 cm³/mol. The third-order valence-corrected chi connectivity index (χ3v) is 5.63. The first-order chi connectivity index (χ1) is 15.4. The van der Waals surface area contributed by atoms with E-state index in [9.17, 15) is 14.4 Å².